The predicted octanol–water partition coefficient (Wildman–Crippen LogP) is 2.25. The van der Waals surface area contributed by atoms with Gasteiger partial charge in [0.2, 0.25) is 0 Å². The van der Waals surface area contributed by atoms with Crippen LogP contribution in [-0.2, 0) is 16.0 Å². The molecule has 3 heterocycles. The maximum atomic E-state index is 12.2. The Morgan fingerprint density at radius 3 is 2.36 bits per heavy atom. The molecule has 0 N–H and O–H groups in total. The zero-order chi connectivity index (χ0) is 17.1. The van der Waals surface area contributed by atoms with Gasteiger partial charge in [0.05, 0.1) is 17.7 Å². The number of nitrogens with zero attached hydrogens (tertiary/aromatic N) is 2. The van der Waals surface area contributed by atoms with Gasteiger partial charge < -0.3 is 13.9 Å². The minimum Gasteiger partial charge on any atom is -0.408 e. The standard InChI is InChI=1S/C19H26N2O4/c22-19-21(17-7-1-2-8-18(17)25-19)10-9-20(13-15-5-3-11-23-15)14-16-6-4-12-24-16/h1-2,7-8,15-16H,3-6,9-14H2. The molecule has 2 unspecified atom stereocenters. The van der Waals surface area contributed by atoms with Gasteiger partial charge in [-0.2, -0.15) is 0 Å². The third-order valence-electron chi connectivity index (χ3n) is 5.19. The number of para-hydroxylation sites is 2. The van der Waals surface area contributed by atoms with Crippen LogP contribution in [0.5, 0.6) is 0 Å². The molecule has 2 aliphatic heterocycles. The van der Waals surface area contributed by atoms with Crippen LogP contribution in [0.3, 0.4) is 0 Å². The number of fused-ring (bicyclic) bond motifs is 1. The largest absolute Gasteiger partial charge is 0.419 e. The third-order valence-corrected chi connectivity index (χ3v) is 5.19. The van der Waals surface area contributed by atoms with Crippen LogP contribution >= 0.6 is 0 Å². The highest BCUT2D eigenvalue weighted by molar-refractivity contribution is 5.72. The lowest BCUT2D eigenvalue weighted by atomic mass is 10.2. The van der Waals surface area contributed by atoms with Crippen molar-refractivity contribution in [3.63, 3.8) is 0 Å². The molecular weight excluding hydrogens is 320 g/mol. The summed E-state index contributed by atoms with van der Waals surface area (Å²) in [6.45, 7) is 4.96. The molecule has 2 aliphatic rings. The Morgan fingerprint density at radius 2 is 1.72 bits per heavy atom. The van der Waals surface area contributed by atoms with Gasteiger partial charge in [-0.05, 0) is 37.8 Å². The molecule has 0 radical (unpaired) electrons. The van der Waals surface area contributed by atoms with Crippen LogP contribution < -0.4 is 5.76 Å². The zero-order valence-electron chi connectivity index (χ0n) is 14.6. The van der Waals surface area contributed by atoms with Gasteiger partial charge in [0.1, 0.15) is 0 Å². The summed E-state index contributed by atoms with van der Waals surface area (Å²) in [6.07, 6.45) is 5.14. The van der Waals surface area contributed by atoms with Crippen LogP contribution in [0.25, 0.3) is 11.1 Å². The van der Waals surface area contributed by atoms with Crippen molar-refractivity contribution in [3.05, 3.63) is 34.8 Å². The molecule has 6 nitrogen and oxygen atoms in total. The fourth-order valence-electron chi connectivity index (χ4n) is 3.88. The van der Waals surface area contributed by atoms with E-state index in [4.69, 9.17) is 13.9 Å². The molecule has 2 atom stereocenters. The number of hydrogen-bond acceptors (Lipinski definition) is 5. The van der Waals surface area contributed by atoms with Crippen molar-refractivity contribution in [2.24, 2.45) is 0 Å². The van der Waals surface area contributed by atoms with Crippen molar-refractivity contribution >= 4 is 11.1 Å². The first kappa shape index (κ1) is 16.8. The van der Waals surface area contributed by atoms with Gasteiger partial charge in [0, 0.05) is 39.4 Å². The minimum absolute atomic E-state index is 0.282. The summed E-state index contributed by atoms with van der Waals surface area (Å²) in [7, 11) is 0. The molecule has 1 aromatic heterocycles. The van der Waals surface area contributed by atoms with Crippen molar-refractivity contribution in [2.75, 3.05) is 32.8 Å². The monoisotopic (exact) mass is 346 g/mol. The Balaban J connectivity index is 1.44. The van der Waals surface area contributed by atoms with Crippen LogP contribution in [0.1, 0.15) is 25.7 Å². The number of rotatable bonds is 7. The highest BCUT2D eigenvalue weighted by Gasteiger charge is 2.24. The van der Waals surface area contributed by atoms with E-state index in [0.717, 1.165) is 64.0 Å². The van der Waals surface area contributed by atoms with E-state index < -0.39 is 0 Å². The number of oxazole rings is 1. The van der Waals surface area contributed by atoms with Gasteiger partial charge in [0.15, 0.2) is 5.58 Å². The Bertz CT molecular complexity index is 723. The highest BCUT2D eigenvalue weighted by atomic mass is 16.5. The third kappa shape index (κ3) is 3.97. The maximum absolute atomic E-state index is 12.2. The fourth-order valence-corrected chi connectivity index (χ4v) is 3.88. The first-order valence-electron chi connectivity index (χ1n) is 9.33. The average Bonchev–Trinajstić information content (AvgIpc) is 3.34. The van der Waals surface area contributed by atoms with Gasteiger partial charge >= 0.3 is 5.76 Å². The number of aromatic nitrogens is 1. The van der Waals surface area contributed by atoms with Crippen molar-refractivity contribution in [3.8, 4) is 0 Å². The lowest BCUT2D eigenvalue weighted by Gasteiger charge is -2.27. The van der Waals surface area contributed by atoms with E-state index in [1.54, 1.807) is 4.57 Å². The van der Waals surface area contributed by atoms with Gasteiger partial charge in [-0.3, -0.25) is 9.47 Å². The Kier molecular flexibility index (Phi) is 5.20. The molecule has 2 fully saturated rings. The molecule has 6 heteroatoms. The van der Waals surface area contributed by atoms with Crippen LogP contribution in [0.15, 0.2) is 33.5 Å². The van der Waals surface area contributed by atoms with E-state index >= 15 is 0 Å². The number of ether oxygens (including phenoxy) is 2. The van der Waals surface area contributed by atoms with Crippen LogP contribution in [0, 0.1) is 0 Å². The maximum Gasteiger partial charge on any atom is 0.419 e. The number of benzene rings is 1. The lowest BCUT2D eigenvalue weighted by molar-refractivity contribution is 0.0363. The molecule has 2 aromatic rings. The van der Waals surface area contributed by atoms with Gasteiger partial charge in [-0.25, -0.2) is 4.79 Å². The predicted molar refractivity (Wildman–Crippen MR) is 94.9 cm³/mol. The lowest BCUT2D eigenvalue weighted by Crippen LogP contribution is -2.40. The fraction of sp³-hybridized carbons (Fsp3) is 0.632. The van der Waals surface area contributed by atoms with Crippen molar-refractivity contribution in [2.45, 2.75) is 44.4 Å². The molecule has 4 rings (SSSR count). The van der Waals surface area contributed by atoms with Gasteiger partial charge in [0.25, 0.3) is 0 Å². The second kappa shape index (κ2) is 7.72. The first-order valence-corrected chi connectivity index (χ1v) is 9.33. The molecule has 2 saturated heterocycles. The van der Waals surface area contributed by atoms with E-state index in [-0.39, 0.29) is 5.76 Å². The van der Waals surface area contributed by atoms with E-state index in [1.165, 1.54) is 0 Å². The molecule has 0 spiro atoms. The molecule has 0 aliphatic carbocycles. The van der Waals surface area contributed by atoms with E-state index in [2.05, 4.69) is 4.90 Å². The summed E-state index contributed by atoms with van der Waals surface area (Å²) >= 11 is 0. The van der Waals surface area contributed by atoms with Crippen molar-refractivity contribution < 1.29 is 13.9 Å². The first-order chi connectivity index (χ1) is 12.3. The molecule has 0 saturated carbocycles. The second-order valence-corrected chi connectivity index (χ2v) is 7.02. The van der Waals surface area contributed by atoms with Crippen molar-refractivity contribution in [1.82, 2.24) is 9.47 Å². The Hall–Kier alpha value is -1.63. The van der Waals surface area contributed by atoms with Crippen LogP contribution in [0.2, 0.25) is 0 Å². The zero-order valence-corrected chi connectivity index (χ0v) is 14.6. The summed E-state index contributed by atoms with van der Waals surface area (Å²) < 4.78 is 18.7. The van der Waals surface area contributed by atoms with Crippen LogP contribution in [0.4, 0.5) is 0 Å². The Morgan fingerprint density at radius 1 is 1.04 bits per heavy atom. The van der Waals surface area contributed by atoms with E-state index in [0.29, 0.717) is 24.3 Å². The van der Waals surface area contributed by atoms with Crippen LogP contribution in [-0.4, -0.2) is 54.5 Å². The molecule has 25 heavy (non-hydrogen) atoms. The molecule has 0 bridgehead atoms. The SMILES string of the molecule is O=c1oc2ccccc2n1CCN(CC1CCCO1)CC1CCCO1. The topological polar surface area (TPSA) is 56.8 Å². The smallest absolute Gasteiger partial charge is 0.408 e. The summed E-state index contributed by atoms with van der Waals surface area (Å²) in [4.78, 5) is 14.6. The molecule has 0 amide bonds. The summed E-state index contributed by atoms with van der Waals surface area (Å²) in [6, 6.07) is 7.59. The summed E-state index contributed by atoms with van der Waals surface area (Å²) in [5.74, 6) is -0.282. The molecule has 136 valence electrons. The van der Waals surface area contributed by atoms with Gasteiger partial charge in [-0.1, -0.05) is 12.1 Å². The van der Waals surface area contributed by atoms with Crippen molar-refractivity contribution in [1.29, 1.82) is 0 Å². The van der Waals surface area contributed by atoms with E-state index in [9.17, 15) is 4.79 Å². The summed E-state index contributed by atoms with van der Waals surface area (Å²) in [5.41, 5.74) is 1.51. The normalized spacial score (nSPS) is 23.9. The Labute approximate surface area is 147 Å². The molecule has 1 aromatic carbocycles. The van der Waals surface area contributed by atoms with E-state index in [1.807, 2.05) is 24.3 Å². The summed E-state index contributed by atoms with van der Waals surface area (Å²) in [5, 5.41) is 0. The minimum atomic E-state index is -0.282. The molecular formula is C19H26N2O4. The average molecular weight is 346 g/mol. The quantitative estimate of drug-likeness (QED) is 0.770. The highest BCUT2D eigenvalue weighted by Crippen LogP contribution is 2.18. The van der Waals surface area contributed by atoms with Gasteiger partial charge in [-0.15, -0.1) is 0 Å². The number of hydrogen-bond donors (Lipinski definition) is 0. The second-order valence-electron chi connectivity index (χ2n) is 7.02.